The second kappa shape index (κ2) is 3.82. The third-order valence-corrected chi connectivity index (χ3v) is 1.99. The highest BCUT2D eigenvalue weighted by Gasteiger charge is 2.04. The molecule has 0 aliphatic rings. The number of H-pyrrole nitrogens is 1. The van der Waals surface area contributed by atoms with E-state index in [-0.39, 0.29) is 11.5 Å². The third kappa shape index (κ3) is 1.74. The molecule has 0 aliphatic heterocycles. The fourth-order valence-corrected chi connectivity index (χ4v) is 1.25. The number of nitriles is 1. The van der Waals surface area contributed by atoms with Crippen molar-refractivity contribution in [2.45, 2.75) is 0 Å². The van der Waals surface area contributed by atoms with Crippen LogP contribution in [0.3, 0.4) is 0 Å². The summed E-state index contributed by atoms with van der Waals surface area (Å²) in [5, 5.41) is 8.72. The van der Waals surface area contributed by atoms with Gasteiger partial charge in [-0.1, -0.05) is 0 Å². The van der Waals surface area contributed by atoms with Crippen LogP contribution in [0.25, 0.3) is 11.3 Å². The van der Waals surface area contributed by atoms with Gasteiger partial charge in [0.25, 0.3) is 5.56 Å². The summed E-state index contributed by atoms with van der Waals surface area (Å²) in [5.74, 6) is 0.141. The molecule has 0 bridgehead atoms. The van der Waals surface area contributed by atoms with E-state index >= 15 is 0 Å². The lowest BCUT2D eigenvalue weighted by Crippen LogP contribution is -2.09. The first-order valence-corrected chi connectivity index (χ1v) is 4.42. The molecule has 2 rings (SSSR count). The van der Waals surface area contributed by atoms with Crippen molar-refractivity contribution in [2.24, 2.45) is 0 Å². The first-order chi connectivity index (χ1) is 7.70. The van der Waals surface area contributed by atoms with Gasteiger partial charge in [0, 0.05) is 18.0 Å². The molecule has 0 unspecified atom stereocenters. The zero-order chi connectivity index (χ0) is 11.5. The largest absolute Gasteiger partial charge is 0.368 e. The molecule has 2 aromatic rings. The summed E-state index contributed by atoms with van der Waals surface area (Å²) in [4.78, 5) is 21.4. The van der Waals surface area contributed by atoms with Gasteiger partial charge in [0.2, 0.25) is 5.95 Å². The van der Waals surface area contributed by atoms with Crippen molar-refractivity contribution in [3.63, 3.8) is 0 Å². The van der Waals surface area contributed by atoms with Gasteiger partial charge in [-0.2, -0.15) is 5.26 Å². The fraction of sp³-hybridized carbons (Fsp3) is 0. The van der Waals surface area contributed by atoms with Gasteiger partial charge in [0.05, 0.1) is 5.69 Å². The van der Waals surface area contributed by atoms with Crippen LogP contribution >= 0.6 is 0 Å². The summed E-state index contributed by atoms with van der Waals surface area (Å²) in [7, 11) is 0. The molecule has 2 aromatic heterocycles. The first kappa shape index (κ1) is 9.86. The lowest BCUT2D eigenvalue weighted by Gasteiger charge is -2.00. The molecule has 16 heavy (non-hydrogen) atoms. The Morgan fingerprint density at radius 1 is 1.50 bits per heavy atom. The van der Waals surface area contributed by atoms with Crippen LogP contribution in [0.5, 0.6) is 0 Å². The maximum Gasteiger partial charge on any atom is 0.265 e. The van der Waals surface area contributed by atoms with E-state index in [1.807, 2.05) is 0 Å². The molecule has 0 saturated carbocycles. The van der Waals surface area contributed by atoms with E-state index in [1.165, 1.54) is 18.5 Å². The van der Waals surface area contributed by atoms with Crippen molar-refractivity contribution in [1.29, 1.82) is 5.26 Å². The number of hydrogen-bond acceptors (Lipinski definition) is 5. The van der Waals surface area contributed by atoms with E-state index in [1.54, 1.807) is 12.1 Å². The molecular formula is C10H7N5O. The maximum atomic E-state index is 11.2. The summed E-state index contributed by atoms with van der Waals surface area (Å²) < 4.78 is 0. The number of nitrogens with one attached hydrogen (secondary N) is 1. The Hall–Kier alpha value is -2.68. The van der Waals surface area contributed by atoms with Crippen LogP contribution in [-0.2, 0) is 0 Å². The van der Waals surface area contributed by atoms with Gasteiger partial charge < -0.3 is 10.7 Å². The third-order valence-electron chi connectivity index (χ3n) is 1.99. The Kier molecular flexibility index (Phi) is 2.36. The van der Waals surface area contributed by atoms with Crippen molar-refractivity contribution < 1.29 is 0 Å². The van der Waals surface area contributed by atoms with Crippen LogP contribution in [0, 0.1) is 11.3 Å². The zero-order valence-electron chi connectivity index (χ0n) is 8.14. The molecule has 0 fully saturated rings. The maximum absolute atomic E-state index is 11.2. The van der Waals surface area contributed by atoms with Gasteiger partial charge >= 0.3 is 0 Å². The molecule has 6 heteroatoms. The lowest BCUT2D eigenvalue weighted by atomic mass is 10.1. The minimum Gasteiger partial charge on any atom is -0.368 e. The quantitative estimate of drug-likeness (QED) is 0.707. The standard InChI is InChI=1S/C10H7N5O/c11-4-6-3-7(5-14-9(6)16)8-1-2-13-10(12)15-8/h1-3,5H,(H,14,16)(H2,12,13,15). The highest BCUT2D eigenvalue weighted by atomic mass is 16.1. The average Bonchev–Trinajstić information content (AvgIpc) is 2.29. The van der Waals surface area contributed by atoms with E-state index in [0.717, 1.165) is 0 Å². The van der Waals surface area contributed by atoms with Gasteiger partial charge in [-0.25, -0.2) is 9.97 Å². The highest BCUT2D eigenvalue weighted by Crippen LogP contribution is 2.15. The van der Waals surface area contributed by atoms with Crippen molar-refractivity contribution in [3.8, 4) is 17.3 Å². The Labute approximate surface area is 90.4 Å². The molecular weight excluding hydrogens is 206 g/mol. The summed E-state index contributed by atoms with van der Waals surface area (Å²) in [6.07, 6.45) is 2.99. The number of anilines is 1. The lowest BCUT2D eigenvalue weighted by molar-refractivity contribution is 1.17. The van der Waals surface area contributed by atoms with E-state index in [2.05, 4.69) is 15.0 Å². The number of aromatic nitrogens is 3. The van der Waals surface area contributed by atoms with E-state index in [4.69, 9.17) is 11.0 Å². The van der Waals surface area contributed by atoms with E-state index in [0.29, 0.717) is 11.3 Å². The van der Waals surface area contributed by atoms with Crippen molar-refractivity contribution in [2.75, 3.05) is 5.73 Å². The molecule has 0 saturated heterocycles. The summed E-state index contributed by atoms with van der Waals surface area (Å²) in [5.41, 5.74) is 6.22. The molecule has 0 amide bonds. The van der Waals surface area contributed by atoms with Gasteiger partial charge in [-0.15, -0.1) is 0 Å². The number of rotatable bonds is 1. The minimum absolute atomic E-state index is 0.0367. The van der Waals surface area contributed by atoms with Crippen LogP contribution in [0.2, 0.25) is 0 Å². The van der Waals surface area contributed by atoms with Crippen LogP contribution < -0.4 is 11.3 Å². The Balaban J connectivity index is 2.58. The predicted molar refractivity (Wildman–Crippen MR) is 57.2 cm³/mol. The number of nitrogens with zero attached hydrogens (tertiary/aromatic N) is 3. The highest BCUT2D eigenvalue weighted by molar-refractivity contribution is 5.60. The van der Waals surface area contributed by atoms with Gasteiger partial charge in [-0.3, -0.25) is 4.79 Å². The minimum atomic E-state index is -0.423. The number of aromatic amines is 1. The van der Waals surface area contributed by atoms with E-state index < -0.39 is 5.56 Å². The van der Waals surface area contributed by atoms with Crippen molar-refractivity contribution in [3.05, 3.63) is 40.4 Å². The monoisotopic (exact) mass is 213 g/mol. The molecule has 0 radical (unpaired) electrons. The van der Waals surface area contributed by atoms with Crippen LogP contribution in [-0.4, -0.2) is 15.0 Å². The number of hydrogen-bond donors (Lipinski definition) is 2. The molecule has 78 valence electrons. The summed E-state index contributed by atoms with van der Waals surface area (Å²) in [6, 6.07) is 4.90. The Bertz CT molecular complexity index is 626. The Morgan fingerprint density at radius 2 is 2.31 bits per heavy atom. The molecule has 2 heterocycles. The predicted octanol–water partition coefficient (Wildman–Crippen LogP) is 0.286. The molecule has 0 spiro atoms. The molecule has 0 aromatic carbocycles. The van der Waals surface area contributed by atoms with Crippen molar-refractivity contribution in [1.82, 2.24) is 15.0 Å². The first-order valence-electron chi connectivity index (χ1n) is 4.42. The second-order valence-electron chi connectivity index (χ2n) is 3.04. The van der Waals surface area contributed by atoms with Gasteiger partial charge in [0.1, 0.15) is 11.6 Å². The average molecular weight is 213 g/mol. The van der Waals surface area contributed by atoms with Crippen LogP contribution in [0.15, 0.2) is 29.3 Å². The zero-order valence-corrected chi connectivity index (χ0v) is 8.14. The summed E-state index contributed by atoms with van der Waals surface area (Å²) in [6.45, 7) is 0. The van der Waals surface area contributed by atoms with Crippen LogP contribution in [0.1, 0.15) is 5.56 Å². The summed E-state index contributed by atoms with van der Waals surface area (Å²) >= 11 is 0. The smallest absolute Gasteiger partial charge is 0.265 e. The molecule has 6 nitrogen and oxygen atoms in total. The fourth-order valence-electron chi connectivity index (χ4n) is 1.25. The topological polar surface area (TPSA) is 108 Å². The van der Waals surface area contributed by atoms with Gasteiger partial charge in [0.15, 0.2) is 0 Å². The SMILES string of the molecule is N#Cc1cc(-c2ccnc(N)n2)c[nH]c1=O. The van der Waals surface area contributed by atoms with Crippen LogP contribution in [0.4, 0.5) is 5.95 Å². The normalized spacial score (nSPS) is 9.69. The number of nitrogens with two attached hydrogens (primary N) is 1. The molecule has 3 N–H and O–H groups in total. The second-order valence-corrected chi connectivity index (χ2v) is 3.04. The molecule has 0 atom stereocenters. The molecule has 0 aliphatic carbocycles. The van der Waals surface area contributed by atoms with Gasteiger partial charge in [-0.05, 0) is 12.1 Å². The Morgan fingerprint density at radius 3 is 3.00 bits per heavy atom. The number of nitrogen functional groups attached to an aromatic ring is 1. The number of pyridine rings is 1. The van der Waals surface area contributed by atoms with Crippen molar-refractivity contribution >= 4 is 5.95 Å². The van der Waals surface area contributed by atoms with E-state index in [9.17, 15) is 4.79 Å².